The van der Waals surface area contributed by atoms with Gasteiger partial charge in [-0.15, -0.1) is 0 Å². The Kier molecular flexibility index (Phi) is 6.38. The highest BCUT2D eigenvalue weighted by molar-refractivity contribution is 7.89. The molecular weight excluding hydrogens is 449 g/mol. The number of aliphatic hydroxyl groups is 1. The lowest BCUT2D eigenvalue weighted by molar-refractivity contribution is -0.149. The summed E-state index contributed by atoms with van der Waals surface area (Å²) < 4.78 is 39.2. The molecule has 2 aromatic rings. The van der Waals surface area contributed by atoms with E-state index in [0.717, 1.165) is 15.3 Å². The summed E-state index contributed by atoms with van der Waals surface area (Å²) in [6.45, 7) is -0.123. The maximum Gasteiger partial charge on any atom is 0.268 e. The van der Waals surface area contributed by atoms with Crippen molar-refractivity contribution < 1.29 is 27.5 Å². The SMILES string of the molecule is CN(C)S(=O)(=O)c1cccc(N2CC[C@](O)(C(=O)NCc3cc(F)cc(Cl)c3)C2=O)c1. The van der Waals surface area contributed by atoms with Crippen LogP contribution in [-0.2, 0) is 26.2 Å². The second-order valence-electron chi connectivity index (χ2n) is 7.31. The quantitative estimate of drug-likeness (QED) is 0.624. The molecule has 8 nitrogen and oxygen atoms in total. The maximum atomic E-state index is 13.4. The minimum atomic E-state index is -3.73. The zero-order valence-corrected chi connectivity index (χ0v) is 18.4. The Hall–Kier alpha value is -2.53. The van der Waals surface area contributed by atoms with E-state index in [4.69, 9.17) is 11.6 Å². The van der Waals surface area contributed by atoms with Gasteiger partial charge in [-0.1, -0.05) is 17.7 Å². The van der Waals surface area contributed by atoms with Crippen LogP contribution < -0.4 is 10.2 Å². The van der Waals surface area contributed by atoms with Crippen molar-refractivity contribution >= 4 is 39.1 Å². The molecule has 1 fully saturated rings. The molecule has 166 valence electrons. The number of halogens is 2. The number of nitrogens with one attached hydrogen (secondary N) is 1. The first-order valence-corrected chi connectivity index (χ1v) is 11.1. The molecular formula is C20H21ClFN3O5S. The molecule has 2 aromatic carbocycles. The molecule has 1 heterocycles. The van der Waals surface area contributed by atoms with Crippen molar-refractivity contribution in [3.8, 4) is 0 Å². The normalized spacial score (nSPS) is 19.2. The van der Waals surface area contributed by atoms with Crippen LogP contribution in [0.25, 0.3) is 0 Å². The van der Waals surface area contributed by atoms with E-state index in [1.807, 2.05) is 0 Å². The van der Waals surface area contributed by atoms with Gasteiger partial charge >= 0.3 is 0 Å². The molecule has 0 bridgehead atoms. The molecule has 1 aliphatic heterocycles. The standard InChI is InChI=1S/C20H21ClFN3O5S/c1-24(2)31(29,30)17-5-3-4-16(11-17)25-7-6-20(28,19(25)27)18(26)23-12-13-8-14(21)10-15(22)9-13/h3-5,8-11,28H,6-7,12H2,1-2H3,(H,23,26)/t20-/m0/s1. The topological polar surface area (TPSA) is 107 Å². The van der Waals surface area contributed by atoms with Crippen molar-refractivity contribution in [2.75, 3.05) is 25.5 Å². The van der Waals surface area contributed by atoms with Gasteiger partial charge in [-0.05, 0) is 42.0 Å². The highest BCUT2D eigenvalue weighted by Gasteiger charge is 2.51. The van der Waals surface area contributed by atoms with Gasteiger partial charge in [0.15, 0.2) is 0 Å². The predicted molar refractivity (Wildman–Crippen MR) is 112 cm³/mol. The van der Waals surface area contributed by atoms with E-state index < -0.39 is 33.3 Å². The lowest BCUT2D eigenvalue weighted by atomic mass is 10.0. The monoisotopic (exact) mass is 469 g/mol. The number of carbonyl (C=O) groups excluding carboxylic acids is 2. The number of hydrogen-bond acceptors (Lipinski definition) is 5. The van der Waals surface area contributed by atoms with Crippen LogP contribution in [0.15, 0.2) is 47.4 Å². The van der Waals surface area contributed by atoms with Crippen LogP contribution in [0, 0.1) is 5.82 Å². The Morgan fingerprint density at radius 3 is 2.65 bits per heavy atom. The molecule has 1 aliphatic rings. The summed E-state index contributed by atoms with van der Waals surface area (Å²) in [5.41, 5.74) is -1.72. The fourth-order valence-corrected chi connectivity index (χ4v) is 4.41. The predicted octanol–water partition coefficient (Wildman–Crippen LogP) is 1.51. The first kappa shape index (κ1) is 23.1. The summed E-state index contributed by atoms with van der Waals surface area (Å²) in [6, 6.07) is 9.44. The Morgan fingerprint density at radius 1 is 1.29 bits per heavy atom. The molecule has 3 rings (SSSR count). The Balaban J connectivity index is 1.77. The van der Waals surface area contributed by atoms with Crippen LogP contribution in [0.5, 0.6) is 0 Å². The number of carbonyl (C=O) groups is 2. The molecule has 0 spiro atoms. The molecule has 2 N–H and O–H groups in total. The molecule has 31 heavy (non-hydrogen) atoms. The van der Waals surface area contributed by atoms with Gasteiger partial charge in [0.2, 0.25) is 15.6 Å². The number of amides is 2. The summed E-state index contributed by atoms with van der Waals surface area (Å²) in [7, 11) is -0.952. The van der Waals surface area contributed by atoms with Gasteiger partial charge < -0.3 is 15.3 Å². The summed E-state index contributed by atoms with van der Waals surface area (Å²) in [5, 5.41) is 13.3. The van der Waals surface area contributed by atoms with Crippen LogP contribution in [0.4, 0.5) is 10.1 Å². The van der Waals surface area contributed by atoms with Crippen molar-refractivity contribution in [3.63, 3.8) is 0 Å². The summed E-state index contributed by atoms with van der Waals surface area (Å²) >= 11 is 5.79. The second-order valence-corrected chi connectivity index (χ2v) is 9.90. The van der Waals surface area contributed by atoms with Crippen LogP contribution in [-0.4, -0.2) is 55.9 Å². The first-order valence-electron chi connectivity index (χ1n) is 9.25. The molecule has 0 aromatic heterocycles. The maximum absolute atomic E-state index is 13.4. The molecule has 0 aliphatic carbocycles. The van der Waals surface area contributed by atoms with Gasteiger partial charge in [0.05, 0.1) is 4.90 Å². The lowest BCUT2D eigenvalue weighted by Gasteiger charge is -2.22. The molecule has 0 unspecified atom stereocenters. The molecule has 0 saturated carbocycles. The van der Waals surface area contributed by atoms with Crippen molar-refractivity contribution in [2.45, 2.75) is 23.5 Å². The van der Waals surface area contributed by atoms with Gasteiger partial charge in [-0.25, -0.2) is 17.1 Å². The fraction of sp³-hybridized carbons (Fsp3) is 0.300. The Bertz CT molecular complexity index is 1120. The number of sulfonamides is 1. The van der Waals surface area contributed by atoms with E-state index in [1.54, 1.807) is 0 Å². The highest BCUT2D eigenvalue weighted by Crippen LogP contribution is 2.30. The van der Waals surface area contributed by atoms with E-state index in [9.17, 15) is 27.5 Å². The van der Waals surface area contributed by atoms with Gasteiger partial charge in [0, 0.05) is 44.3 Å². The van der Waals surface area contributed by atoms with Crippen LogP contribution in [0.1, 0.15) is 12.0 Å². The minimum Gasteiger partial charge on any atom is -0.372 e. The van der Waals surface area contributed by atoms with E-state index in [0.29, 0.717) is 5.56 Å². The van der Waals surface area contributed by atoms with E-state index >= 15 is 0 Å². The number of anilines is 1. The van der Waals surface area contributed by atoms with Crippen LogP contribution >= 0.6 is 11.6 Å². The third kappa shape index (κ3) is 4.57. The summed E-state index contributed by atoms with van der Waals surface area (Å²) in [6.07, 6.45) is -0.188. The number of hydrogen-bond donors (Lipinski definition) is 2. The summed E-state index contributed by atoms with van der Waals surface area (Å²) in [4.78, 5) is 26.6. The molecule has 1 saturated heterocycles. The second kappa shape index (κ2) is 8.54. The number of nitrogens with zero attached hydrogens (tertiary/aromatic N) is 2. The fourth-order valence-electron chi connectivity index (χ4n) is 3.23. The first-order chi connectivity index (χ1) is 14.4. The third-order valence-corrected chi connectivity index (χ3v) is 6.98. The zero-order valence-electron chi connectivity index (χ0n) is 16.8. The smallest absolute Gasteiger partial charge is 0.268 e. The lowest BCUT2D eigenvalue weighted by Crippen LogP contribution is -2.52. The van der Waals surface area contributed by atoms with Gasteiger partial charge in [0.25, 0.3) is 11.8 Å². The average molecular weight is 470 g/mol. The van der Waals surface area contributed by atoms with Crippen molar-refractivity contribution in [2.24, 2.45) is 0 Å². The molecule has 1 atom stereocenters. The Labute approximate surface area is 184 Å². The zero-order chi connectivity index (χ0) is 23.0. The molecule has 11 heteroatoms. The highest BCUT2D eigenvalue weighted by atomic mass is 35.5. The molecule has 2 amide bonds. The number of benzene rings is 2. The van der Waals surface area contributed by atoms with E-state index in [-0.39, 0.29) is 35.1 Å². The largest absolute Gasteiger partial charge is 0.372 e. The van der Waals surface area contributed by atoms with E-state index in [1.165, 1.54) is 50.5 Å². The van der Waals surface area contributed by atoms with Crippen LogP contribution in [0.3, 0.4) is 0 Å². The van der Waals surface area contributed by atoms with Gasteiger partial charge in [-0.2, -0.15) is 0 Å². The third-order valence-electron chi connectivity index (χ3n) is 4.96. The number of rotatable bonds is 6. The van der Waals surface area contributed by atoms with Crippen molar-refractivity contribution in [1.82, 2.24) is 9.62 Å². The Morgan fingerprint density at radius 2 is 2.00 bits per heavy atom. The van der Waals surface area contributed by atoms with Crippen molar-refractivity contribution in [1.29, 1.82) is 0 Å². The van der Waals surface area contributed by atoms with Crippen LogP contribution in [0.2, 0.25) is 5.02 Å². The molecule has 0 radical (unpaired) electrons. The average Bonchev–Trinajstić information content (AvgIpc) is 3.01. The van der Waals surface area contributed by atoms with Crippen molar-refractivity contribution in [3.05, 3.63) is 58.9 Å². The summed E-state index contributed by atoms with van der Waals surface area (Å²) in [5.74, 6) is -2.38. The minimum absolute atomic E-state index is 0.0139. The van der Waals surface area contributed by atoms with Gasteiger partial charge in [0.1, 0.15) is 5.82 Å². The van der Waals surface area contributed by atoms with Gasteiger partial charge in [-0.3, -0.25) is 9.59 Å². The van der Waals surface area contributed by atoms with E-state index in [2.05, 4.69) is 5.32 Å².